The van der Waals surface area contributed by atoms with E-state index in [-0.39, 0.29) is 0 Å². The molecule has 2 aromatic rings. The lowest BCUT2D eigenvalue weighted by molar-refractivity contribution is 0.245. The molecule has 0 spiro atoms. The van der Waals surface area contributed by atoms with Crippen LogP contribution in [0, 0.1) is 5.41 Å². The maximum absolute atomic E-state index is 5.95. The molecule has 0 aliphatic heterocycles. The molecule has 2 rings (SSSR count). The van der Waals surface area contributed by atoms with Crippen molar-refractivity contribution in [2.75, 3.05) is 6.61 Å². The maximum atomic E-state index is 5.95. The second-order valence-corrected chi connectivity index (χ2v) is 6.13. The van der Waals surface area contributed by atoms with Crippen molar-refractivity contribution in [1.29, 1.82) is 0 Å². The molecular weight excluding hydrogens is 234 g/mol. The fourth-order valence-electron chi connectivity index (χ4n) is 2.10. The molecule has 2 nitrogen and oxygen atoms in total. The van der Waals surface area contributed by atoms with E-state index in [9.17, 15) is 0 Å². The quantitative estimate of drug-likeness (QED) is 0.894. The monoisotopic (exact) mass is 257 g/mol. The minimum Gasteiger partial charge on any atom is -0.493 e. The lowest BCUT2D eigenvalue weighted by atomic mass is 9.93. The maximum Gasteiger partial charge on any atom is 0.127 e. The first-order valence-electron chi connectivity index (χ1n) is 6.85. The molecule has 0 atom stereocenters. The number of hydrogen-bond acceptors (Lipinski definition) is 2. The number of rotatable bonds is 4. The van der Waals surface area contributed by atoms with Crippen LogP contribution in [0.4, 0.5) is 0 Å². The van der Waals surface area contributed by atoms with Gasteiger partial charge in [-0.15, -0.1) is 0 Å². The Bertz CT molecular complexity index is 555. The molecule has 0 fully saturated rings. The van der Waals surface area contributed by atoms with Crippen molar-refractivity contribution in [2.24, 2.45) is 11.1 Å². The minimum absolute atomic E-state index is 0.299. The molecule has 0 amide bonds. The van der Waals surface area contributed by atoms with E-state index in [0.29, 0.717) is 12.0 Å². The SMILES string of the molecule is CC(C)(C)CCOc1ccc(CN)c2ccccc12. The first-order valence-corrected chi connectivity index (χ1v) is 6.85. The van der Waals surface area contributed by atoms with Crippen molar-refractivity contribution in [3.05, 3.63) is 42.0 Å². The Morgan fingerprint density at radius 3 is 2.32 bits per heavy atom. The van der Waals surface area contributed by atoms with Crippen LogP contribution < -0.4 is 10.5 Å². The molecule has 102 valence electrons. The van der Waals surface area contributed by atoms with Crippen LogP contribution in [0.2, 0.25) is 0 Å². The van der Waals surface area contributed by atoms with E-state index in [2.05, 4.69) is 39.0 Å². The third-order valence-electron chi connectivity index (χ3n) is 3.30. The van der Waals surface area contributed by atoms with Gasteiger partial charge < -0.3 is 10.5 Å². The zero-order valence-electron chi connectivity index (χ0n) is 12.1. The standard InChI is InChI=1S/C17H23NO/c1-17(2,3)10-11-19-16-9-8-13(12-18)14-6-4-5-7-15(14)16/h4-9H,10-12,18H2,1-3H3. The summed E-state index contributed by atoms with van der Waals surface area (Å²) >= 11 is 0. The molecule has 2 N–H and O–H groups in total. The predicted molar refractivity (Wildman–Crippen MR) is 81.4 cm³/mol. The second kappa shape index (κ2) is 5.62. The number of nitrogens with two attached hydrogens (primary N) is 1. The Balaban J connectivity index is 2.24. The van der Waals surface area contributed by atoms with E-state index >= 15 is 0 Å². The molecule has 19 heavy (non-hydrogen) atoms. The molecule has 0 saturated heterocycles. The van der Waals surface area contributed by atoms with Gasteiger partial charge in [-0.1, -0.05) is 51.1 Å². The fourth-order valence-corrected chi connectivity index (χ4v) is 2.10. The third kappa shape index (κ3) is 3.48. The zero-order chi connectivity index (χ0) is 13.9. The molecular formula is C17H23NO. The molecule has 0 unspecified atom stereocenters. The van der Waals surface area contributed by atoms with Gasteiger partial charge in [-0.3, -0.25) is 0 Å². The highest BCUT2D eigenvalue weighted by Gasteiger charge is 2.11. The number of hydrogen-bond donors (Lipinski definition) is 1. The van der Waals surface area contributed by atoms with Crippen molar-refractivity contribution in [3.63, 3.8) is 0 Å². The highest BCUT2D eigenvalue weighted by atomic mass is 16.5. The molecule has 0 radical (unpaired) electrons. The van der Waals surface area contributed by atoms with Crippen molar-refractivity contribution in [2.45, 2.75) is 33.7 Å². The smallest absolute Gasteiger partial charge is 0.127 e. The summed E-state index contributed by atoms with van der Waals surface area (Å²) in [5, 5.41) is 2.35. The molecule has 0 aromatic heterocycles. The summed E-state index contributed by atoms with van der Waals surface area (Å²) in [5.74, 6) is 0.956. The van der Waals surface area contributed by atoms with Crippen LogP contribution in [0.15, 0.2) is 36.4 Å². The molecule has 2 heteroatoms. The number of fused-ring (bicyclic) bond motifs is 1. The van der Waals surface area contributed by atoms with E-state index in [1.54, 1.807) is 0 Å². The van der Waals surface area contributed by atoms with Crippen LogP contribution in [0.25, 0.3) is 10.8 Å². The van der Waals surface area contributed by atoms with Crippen LogP contribution in [0.1, 0.15) is 32.8 Å². The fraction of sp³-hybridized carbons (Fsp3) is 0.412. The van der Waals surface area contributed by atoms with Crippen LogP contribution >= 0.6 is 0 Å². The van der Waals surface area contributed by atoms with Crippen LogP contribution in [-0.2, 0) is 6.54 Å². The van der Waals surface area contributed by atoms with Gasteiger partial charge in [-0.25, -0.2) is 0 Å². The molecule has 0 bridgehead atoms. The Hall–Kier alpha value is -1.54. The van der Waals surface area contributed by atoms with Gasteiger partial charge in [0, 0.05) is 11.9 Å². The second-order valence-electron chi connectivity index (χ2n) is 6.13. The van der Waals surface area contributed by atoms with Gasteiger partial charge in [-0.2, -0.15) is 0 Å². The lowest BCUT2D eigenvalue weighted by Crippen LogP contribution is -2.11. The molecule has 0 saturated carbocycles. The average Bonchev–Trinajstić information content (AvgIpc) is 2.37. The molecule has 2 aromatic carbocycles. The first-order chi connectivity index (χ1) is 9.01. The summed E-state index contributed by atoms with van der Waals surface area (Å²) in [6.45, 7) is 7.99. The van der Waals surface area contributed by atoms with Gasteiger partial charge >= 0.3 is 0 Å². The number of ether oxygens (including phenoxy) is 1. The van der Waals surface area contributed by atoms with E-state index in [1.807, 2.05) is 18.2 Å². The Kier molecular flexibility index (Phi) is 4.11. The summed E-state index contributed by atoms with van der Waals surface area (Å²) in [6.07, 6.45) is 1.04. The van der Waals surface area contributed by atoms with E-state index in [0.717, 1.165) is 24.2 Å². The average molecular weight is 257 g/mol. The van der Waals surface area contributed by atoms with Crippen molar-refractivity contribution in [1.82, 2.24) is 0 Å². The van der Waals surface area contributed by atoms with Crippen molar-refractivity contribution in [3.8, 4) is 5.75 Å². The Morgan fingerprint density at radius 1 is 1.00 bits per heavy atom. The molecule has 0 aliphatic carbocycles. The van der Waals surface area contributed by atoms with Crippen LogP contribution in [-0.4, -0.2) is 6.61 Å². The normalized spacial score (nSPS) is 11.8. The summed E-state index contributed by atoms with van der Waals surface area (Å²) < 4.78 is 5.95. The van der Waals surface area contributed by atoms with E-state index < -0.39 is 0 Å². The van der Waals surface area contributed by atoms with E-state index in [4.69, 9.17) is 10.5 Å². The lowest BCUT2D eigenvalue weighted by Gasteiger charge is -2.19. The summed E-state index contributed by atoms with van der Waals surface area (Å²) in [6, 6.07) is 12.4. The van der Waals surface area contributed by atoms with Crippen molar-refractivity contribution >= 4 is 10.8 Å². The van der Waals surface area contributed by atoms with Crippen LogP contribution in [0.3, 0.4) is 0 Å². The zero-order valence-corrected chi connectivity index (χ0v) is 12.1. The van der Waals surface area contributed by atoms with Crippen molar-refractivity contribution < 1.29 is 4.74 Å². The van der Waals surface area contributed by atoms with Gasteiger partial charge in [-0.05, 0) is 28.9 Å². The third-order valence-corrected chi connectivity index (χ3v) is 3.30. The molecule has 0 aliphatic rings. The molecule has 0 heterocycles. The van der Waals surface area contributed by atoms with Gasteiger partial charge in [0.1, 0.15) is 5.75 Å². The topological polar surface area (TPSA) is 35.2 Å². The van der Waals surface area contributed by atoms with Gasteiger partial charge in [0.25, 0.3) is 0 Å². The highest BCUT2D eigenvalue weighted by Crippen LogP contribution is 2.29. The van der Waals surface area contributed by atoms with E-state index in [1.165, 1.54) is 10.9 Å². The minimum atomic E-state index is 0.299. The van der Waals surface area contributed by atoms with Crippen LogP contribution in [0.5, 0.6) is 5.75 Å². The first kappa shape index (κ1) is 13.9. The Morgan fingerprint density at radius 2 is 1.68 bits per heavy atom. The van der Waals surface area contributed by atoms with Gasteiger partial charge in [0.05, 0.1) is 6.61 Å². The summed E-state index contributed by atoms with van der Waals surface area (Å²) in [4.78, 5) is 0. The van der Waals surface area contributed by atoms with Gasteiger partial charge in [0.15, 0.2) is 0 Å². The largest absolute Gasteiger partial charge is 0.493 e. The highest BCUT2D eigenvalue weighted by molar-refractivity contribution is 5.91. The Labute approximate surface area is 115 Å². The van der Waals surface area contributed by atoms with Gasteiger partial charge in [0.2, 0.25) is 0 Å². The summed E-state index contributed by atoms with van der Waals surface area (Å²) in [7, 11) is 0. The summed E-state index contributed by atoms with van der Waals surface area (Å²) in [5.41, 5.74) is 7.25. The number of benzene rings is 2. The predicted octanol–water partition coefficient (Wildman–Crippen LogP) is 4.11.